The highest BCUT2D eigenvalue weighted by Crippen LogP contribution is 2.20. The average molecular weight is 303 g/mol. The fourth-order valence-corrected chi connectivity index (χ4v) is 2.68. The number of phenolic OH excluding ortho intramolecular Hbond substituents is 1. The van der Waals surface area contributed by atoms with Gasteiger partial charge in [0.2, 0.25) is 0 Å². The van der Waals surface area contributed by atoms with Gasteiger partial charge in [-0.1, -0.05) is 6.92 Å². The van der Waals surface area contributed by atoms with E-state index in [9.17, 15) is 9.50 Å². The van der Waals surface area contributed by atoms with Gasteiger partial charge in [0, 0.05) is 12.6 Å². The first kappa shape index (κ1) is 17.2. The van der Waals surface area contributed by atoms with Gasteiger partial charge in [0.05, 0.1) is 0 Å². The molecule has 5 heteroatoms. The van der Waals surface area contributed by atoms with Crippen molar-refractivity contribution in [1.29, 1.82) is 0 Å². The summed E-state index contributed by atoms with van der Waals surface area (Å²) in [5.41, 5.74) is 0.850. The minimum Gasteiger partial charge on any atom is -0.508 e. The molecule has 1 aromatic carbocycles. The fourth-order valence-electron chi connectivity index (χ4n) is 2.68. The van der Waals surface area contributed by atoms with Crippen LogP contribution in [0.3, 0.4) is 0 Å². The van der Waals surface area contributed by atoms with Gasteiger partial charge in [0.1, 0.15) is 11.6 Å². The Bertz CT molecular complexity index is 389. The van der Waals surface area contributed by atoms with Crippen molar-refractivity contribution in [3.05, 3.63) is 29.6 Å². The second-order valence-corrected chi connectivity index (χ2v) is 5.34. The standard InChI is InChI=1S/C15H23FN2O.ClH/c1-2-17-10-12-3-5-18(6-4-12)11-13-7-14(16)9-15(19)8-13;/h7-9,12,17,19H,2-6,10-11H2,1H3;1H. The van der Waals surface area contributed by atoms with Gasteiger partial charge in [-0.15, -0.1) is 12.4 Å². The van der Waals surface area contributed by atoms with E-state index in [1.165, 1.54) is 18.9 Å². The van der Waals surface area contributed by atoms with Crippen LogP contribution in [-0.4, -0.2) is 36.2 Å². The lowest BCUT2D eigenvalue weighted by Gasteiger charge is -2.32. The molecule has 1 fully saturated rings. The maximum Gasteiger partial charge on any atom is 0.127 e. The van der Waals surface area contributed by atoms with E-state index in [1.807, 2.05) is 0 Å². The molecule has 1 aliphatic heterocycles. The summed E-state index contributed by atoms with van der Waals surface area (Å²) in [6.07, 6.45) is 2.38. The molecule has 0 bridgehead atoms. The molecule has 0 unspecified atom stereocenters. The molecule has 0 aromatic heterocycles. The van der Waals surface area contributed by atoms with Crippen LogP contribution in [0.5, 0.6) is 5.75 Å². The van der Waals surface area contributed by atoms with Crippen LogP contribution in [0.25, 0.3) is 0 Å². The van der Waals surface area contributed by atoms with Gasteiger partial charge >= 0.3 is 0 Å². The smallest absolute Gasteiger partial charge is 0.127 e. The molecule has 1 saturated heterocycles. The summed E-state index contributed by atoms with van der Waals surface area (Å²) in [7, 11) is 0. The topological polar surface area (TPSA) is 35.5 Å². The number of likely N-dealkylation sites (tertiary alicyclic amines) is 1. The summed E-state index contributed by atoms with van der Waals surface area (Å²) in [6.45, 7) is 7.08. The van der Waals surface area contributed by atoms with E-state index >= 15 is 0 Å². The van der Waals surface area contributed by atoms with Gasteiger partial charge in [-0.3, -0.25) is 4.90 Å². The predicted molar refractivity (Wildman–Crippen MR) is 81.9 cm³/mol. The fraction of sp³-hybridized carbons (Fsp3) is 0.600. The number of benzene rings is 1. The molecule has 0 spiro atoms. The lowest BCUT2D eigenvalue weighted by molar-refractivity contribution is 0.175. The third-order valence-corrected chi connectivity index (χ3v) is 3.74. The third-order valence-electron chi connectivity index (χ3n) is 3.74. The number of halogens is 2. The molecular weight excluding hydrogens is 279 g/mol. The third kappa shape index (κ3) is 5.27. The molecule has 20 heavy (non-hydrogen) atoms. The minimum absolute atomic E-state index is 0. The number of nitrogens with zero attached hydrogens (tertiary/aromatic N) is 1. The van der Waals surface area contributed by atoms with E-state index in [0.717, 1.165) is 50.3 Å². The Hall–Kier alpha value is -0.840. The number of piperidine rings is 1. The number of hydrogen-bond donors (Lipinski definition) is 2. The van der Waals surface area contributed by atoms with Gasteiger partial charge in [0.25, 0.3) is 0 Å². The van der Waals surface area contributed by atoms with Crippen LogP contribution >= 0.6 is 12.4 Å². The molecule has 2 rings (SSSR count). The Labute approximate surface area is 126 Å². The van der Waals surface area contributed by atoms with Crippen molar-refractivity contribution in [2.45, 2.75) is 26.3 Å². The number of rotatable bonds is 5. The molecule has 0 amide bonds. The molecule has 1 aliphatic rings. The van der Waals surface area contributed by atoms with Crippen molar-refractivity contribution < 1.29 is 9.50 Å². The van der Waals surface area contributed by atoms with Crippen LogP contribution in [0.15, 0.2) is 18.2 Å². The first-order valence-electron chi connectivity index (χ1n) is 7.09. The zero-order chi connectivity index (χ0) is 13.7. The lowest BCUT2D eigenvalue weighted by atomic mass is 9.96. The Balaban J connectivity index is 0.00000200. The lowest BCUT2D eigenvalue weighted by Crippen LogP contribution is -2.36. The summed E-state index contributed by atoms with van der Waals surface area (Å²) in [5.74, 6) is 0.408. The van der Waals surface area contributed by atoms with E-state index in [1.54, 1.807) is 6.07 Å². The predicted octanol–water partition coefficient (Wildman–Crippen LogP) is 2.77. The van der Waals surface area contributed by atoms with Crippen LogP contribution < -0.4 is 5.32 Å². The van der Waals surface area contributed by atoms with Gasteiger partial charge in [-0.25, -0.2) is 4.39 Å². The Kier molecular flexibility index (Phi) is 7.27. The summed E-state index contributed by atoms with van der Waals surface area (Å²) >= 11 is 0. The van der Waals surface area contributed by atoms with Crippen LogP contribution in [0.1, 0.15) is 25.3 Å². The van der Waals surface area contributed by atoms with E-state index in [-0.39, 0.29) is 24.0 Å². The summed E-state index contributed by atoms with van der Waals surface area (Å²) in [4.78, 5) is 2.33. The molecule has 3 nitrogen and oxygen atoms in total. The monoisotopic (exact) mass is 302 g/mol. The number of nitrogens with one attached hydrogen (secondary N) is 1. The molecule has 0 aliphatic carbocycles. The zero-order valence-corrected chi connectivity index (χ0v) is 12.8. The minimum atomic E-state index is -0.364. The van der Waals surface area contributed by atoms with E-state index in [0.29, 0.717) is 0 Å². The number of aromatic hydroxyl groups is 1. The van der Waals surface area contributed by atoms with Crippen molar-refractivity contribution in [1.82, 2.24) is 10.2 Å². The largest absolute Gasteiger partial charge is 0.508 e. The van der Waals surface area contributed by atoms with Crippen LogP contribution in [0.4, 0.5) is 4.39 Å². The van der Waals surface area contributed by atoms with Crippen LogP contribution in [-0.2, 0) is 6.54 Å². The highest BCUT2D eigenvalue weighted by Gasteiger charge is 2.18. The molecule has 0 atom stereocenters. The van der Waals surface area contributed by atoms with Crippen LogP contribution in [0, 0.1) is 11.7 Å². The molecule has 0 radical (unpaired) electrons. The summed E-state index contributed by atoms with van der Waals surface area (Å²) in [5, 5.41) is 12.8. The maximum absolute atomic E-state index is 13.2. The van der Waals surface area contributed by atoms with E-state index in [4.69, 9.17) is 0 Å². The summed E-state index contributed by atoms with van der Waals surface area (Å²) in [6, 6.07) is 4.30. The van der Waals surface area contributed by atoms with Gasteiger partial charge in [-0.05, 0) is 62.6 Å². The Morgan fingerprint density at radius 2 is 2.00 bits per heavy atom. The maximum atomic E-state index is 13.2. The summed E-state index contributed by atoms with van der Waals surface area (Å²) < 4.78 is 13.2. The van der Waals surface area contributed by atoms with Crippen molar-refractivity contribution >= 4 is 12.4 Å². The second kappa shape index (κ2) is 8.45. The molecule has 2 N–H and O–H groups in total. The number of phenols is 1. The van der Waals surface area contributed by atoms with Crippen molar-refractivity contribution in [2.75, 3.05) is 26.2 Å². The highest BCUT2D eigenvalue weighted by molar-refractivity contribution is 5.85. The average Bonchev–Trinajstić information content (AvgIpc) is 2.37. The normalized spacial score (nSPS) is 16.9. The van der Waals surface area contributed by atoms with E-state index in [2.05, 4.69) is 17.1 Å². The van der Waals surface area contributed by atoms with Gasteiger partial charge in [-0.2, -0.15) is 0 Å². The molecule has 0 saturated carbocycles. The Morgan fingerprint density at radius 3 is 2.60 bits per heavy atom. The molecule has 114 valence electrons. The SMILES string of the molecule is CCNCC1CCN(Cc2cc(O)cc(F)c2)CC1.Cl. The second-order valence-electron chi connectivity index (χ2n) is 5.34. The molecular formula is C15H24ClFN2O. The quantitative estimate of drug-likeness (QED) is 0.878. The molecule has 1 aromatic rings. The first-order valence-corrected chi connectivity index (χ1v) is 7.09. The molecule has 1 heterocycles. The van der Waals surface area contributed by atoms with Crippen molar-refractivity contribution in [3.8, 4) is 5.75 Å². The van der Waals surface area contributed by atoms with Gasteiger partial charge < -0.3 is 10.4 Å². The highest BCUT2D eigenvalue weighted by atomic mass is 35.5. The zero-order valence-electron chi connectivity index (χ0n) is 11.9. The first-order chi connectivity index (χ1) is 9.17. The van der Waals surface area contributed by atoms with E-state index < -0.39 is 0 Å². The number of hydrogen-bond acceptors (Lipinski definition) is 3. The van der Waals surface area contributed by atoms with Crippen LogP contribution in [0.2, 0.25) is 0 Å². The van der Waals surface area contributed by atoms with Gasteiger partial charge in [0.15, 0.2) is 0 Å². The van der Waals surface area contributed by atoms with Crippen molar-refractivity contribution in [2.24, 2.45) is 5.92 Å². The Morgan fingerprint density at radius 1 is 1.30 bits per heavy atom. The van der Waals surface area contributed by atoms with Crippen molar-refractivity contribution in [3.63, 3.8) is 0 Å².